The zero-order valence-electron chi connectivity index (χ0n) is 14.5. The monoisotopic (exact) mass is 381 g/mol. The molecule has 7 nitrogen and oxygen atoms in total. The van der Waals surface area contributed by atoms with Gasteiger partial charge in [0.15, 0.2) is 0 Å². The van der Waals surface area contributed by atoms with Crippen molar-refractivity contribution in [1.29, 1.82) is 0 Å². The molecule has 0 bridgehead atoms. The lowest BCUT2D eigenvalue weighted by Gasteiger charge is -2.40. The molecule has 0 aromatic carbocycles. The standard InChI is InChI=1S/C17H18F3N5O2/c1-10(16(27)24-14-3-2-11(18)6-22-14)25-5-4-17(19,20)12(9-25)13-7-23-15(26)8-21-13/h2-3,6-8,10,12H,4-5,9H2,1H3,(H,23,26)(H,22,24,27)/t10-,12+/m0/s1. The minimum Gasteiger partial charge on any atom is -0.326 e. The molecule has 1 aliphatic heterocycles. The molecule has 2 atom stereocenters. The van der Waals surface area contributed by atoms with Crippen molar-refractivity contribution in [2.75, 3.05) is 18.4 Å². The van der Waals surface area contributed by atoms with E-state index in [0.717, 1.165) is 18.5 Å². The molecular weight excluding hydrogens is 363 g/mol. The Bertz CT molecular complexity index is 851. The third-order valence-electron chi connectivity index (χ3n) is 4.62. The van der Waals surface area contributed by atoms with Crippen LogP contribution in [0, 0.1) is 5.82 Å². The molecule has 0 radical (unpaired) electrons. The summed E-state index contributed by atoms with van der Waals surface area (Å²) in [4.78, 5) is 35.1. The summed E-state index contributed by atoms with van der Waals surface area (Å²) in [5.41, 5.74) is -0.411. The van der Waals surface area contributed by atoms with Gasteiger partial charge in [-0.15, -0.1) is 0 Å². The summed E-state index contributed by atoms with van der Waals surface area (Å²) in [6.45, 7) is 1.52. The second kappa shape index (κ2) is 7.47. The average molecular weight is 381 g/mol. The fraction of sp³-hybridized carbons (Fsp3) is 0.412. The van der Waals surface area contributed by atoms with E-state index < -0.39 is 41.6 Å². The van der Waals surface area contributed by atoms with Crippen LogP contribution in [0.3, 0.4) is 0 Å². The largest absolute Gasteiger partial charge is 0.326 e. The van der Waals surface area contributed by atoms with Crippen LogP contribution < -0.4 is 10.9 Å². The molecule has 1 aliphatic rings. The molecule has 1 saturated heterocycles. The van der Waals surface area contributed by atoms with Crippen LogP contribution in [0.5, 0.6) is 0 Å². The molecule has 144 valence electrons. The SMILES string of the molecule is C[C@@H](C(=O)Nc1ccc(F)cn1)N1CCC(F)(F)[C@@H](c2c[nH]c(=O)cn2)C1. The van der Waals surface area contributed by atoms with Gasteiger partial charge in [-0.2, -0.15) is 0 Å². The van der Waals surface area contributed by atoms with Crippen molar-refractivity contribution in [1.82, 2.24) is 19.9 Å². The fourth-order valence-corrected chi connectivity index (χ4v) is 2.98. The Kier molecular flexibility index (Phi) is 5.26. The summed E-state index contributed by atoms with van der Waals surface area (Å²) < 4.78 is 41.6. The highest BCUT2D eigenvalue weighted by Crippen LogP contribution is 2.39. The highest BCUT2D eigenvalue weighted by Gasteiger charge is 2.47. The fourth-order valence-electron chi connectivity index (χ4n) is 2.98. The Labute approximate surface area is 152 Å². The number of hydrogen-bond acceptors (Lipinski definition) is 5. The number of aromatic nitrogens is 3. The van der Waals surface area contributed by atoms with Crippen LogP contribution in [0.2, 0.25) is 0 Å². The van der Waals surface area contributed by atoms with Gasteiger partial charge in [0.05, 0.1) is 30.0 Å². The molecular formula is C17H18F3N5O2. The maximum atomic E-state index is 14.4. The summed E-state index contributed by atoms with van der Waals surface area (Å²) in [7, 11) is 0. The van der Waals surface area contributed by atoms with Crippen molar-refractivity contribution in [3.05, 3.63) is 52.6 Å². The molecule has 0 saturated carbocycles. The predicted molar refractivity (Wildman–Crippen MR) is 91.0 cm³/mol. The third-order valence-corrected chi connectivity index (χ3v) is 4.62. The summed E-state index contributed by atoms with van der Waals surface area (Å²) in [5, 5.41) is 2.54. The van der Waals surface area contributed by atoms with E-state index in [9.17, 15) is 22.8 Å². The van der Waals surface area contributed by atoms with E-state index in [1.807, 2.05) is 0 Å². The summed E-state index contributed by atoms with van der Waals surface area (Å²) >= 11 is 0. The van der Waals surface area contributed by atoms with Crippen LogP contribution in [0.15, 0.2) is 35.5 Å². The number of amides is 1. The number of likely N-dealkylation sites (tertiary alicyclic amines) is 1. The topological polar surface area (TPSA) is 91.0 Å². The lowest BCUT2D eigenvalue weighted by Crippen LogP contribution is -2.52. The van der Waals surface area contributed by atoms with Crippen molar-refractivity contribution in [3.63, 3.8) is 0 Å². The van der Waals surface area contributed by atoms with E-state index in [-0.39, 0.29) is 24.6 Å². The van der Waals surface area contributed by atoms with Gasteiger partial charge in [-0.25, -0.2) is 18.2 Å². The number of carbonyl (C=O) groups is 1. The van der Waals surface area contributed by atoms with E-state index in [0.29, 0.717) is 0 Å². The van der Waals surface area contributed by atoms with E-state index in [2.05, 4.69) is 20.3 Å². The van der Waals surface area contributed by atoms with Crippen molar-refractivity contribution in [2.45, 2.75) is 31.2 Å². The van der Waals surface area contributed by atoms with Crippen LogP contribution in [0.4, 0.5) is 19.0 Å². The molecule has 0 aliphatic carbocycles. The number of alkyl halides is 2. The number of rotatable bonds is 4. The van der Waals surface area contributed by atoms with Crippen LogP contribution in [-0.4, -0.2) is 50.8 Å². The van der Waals surface area contributed by atoms with Gasteiger partial charge in [0.2, 0.25) is 5.91 Å². The molecule has 27 heavy (non-hydrogen) atoms. The van der Waals surface area contributed by atoms with Crippen molar-refractivity contribution >= 4 is 11.7 Å². The first-order valence-corrected chi connectivity index (χ1v) is 8.35. The second-order valence-corrected chi connectivity index (χ2v) is 6.42. The first kappa shape index (κ1) is 19.0. The Balaban J connectivity index is 1.72. The van der Waals surface area contributed by atoms with Crippen LogP contribution in [0.25, 0.3) is 0 Å². The van der Waals surface area contributed by atoms with Gasteiger partial charge in [-0.1, -0.05) is 0 Å². The van der Waals surface area contributed by atoms with E-state index in [1.165, 1.54) is 12.3 Å². The number of anilines is 1. The number of piperidine rings is 1. The number of nitrogens with one attached hydrogen (secondary N) is 2. The molecule has 1 fully saturated rings. The van der Waals surface area contributed by atoms with E-state index in [4.69, 9.17) is 0 Å². The summed E-state index contributed by atoms with van der Waals surface area (Å²) in [5.74, 6) is -5.05. The lowest BCUT2D eigenvalue weighted by molar-refractivity contribution is -0.125. The number of nitrogens with zero attached hydrogens (tertiary/aromatic N) is 3. The quantitative estimate of drug-likeness (QED) is 0.842. The lowest BCUT2D eigenvalue weighted by atomic mass is 9.90. The zero-order valence-corrected chi connectivity index (χ0v) is 14.5. The minimum atomic E-state index is -3.00. The van der Waals surface area contributed by atoms with Crippen LogP contribution in [-0.2, 0) is 4.79 Å². The molecule has 10 heteroatoms. The van der Waals surface area contributed by atoms with Crippen LogP contribution >= 0.6 is 0 Å². The molecule has 3 heterocycles. The minimum absolute atomic E-state index is 0.0261. The first-order valence-electron chi connectivity index (χ1n) is 8.35. The first-order chi connectivity index (χ1) is 12.8. The number of hydrogen-bond donors (Lipinski definition) is 2. The Morgan fingerprint density at radius 2 is 2.15 bits per heavy atom. The number of carbonyl (C=O) groups excluding carboxylic acids is 1. The zero-order chi connectivity index (χ0) is 19.6. The van der Waals surface area contributed by atoms with Gasteiger partial charge in [0, 0.05) is 25.7 Å². The predicted octanol–water partition coefficient (Wildman–Crippen LogP) is 1.76. The Morgan fingerprint density at radius 3 is 2.78 bits per heavy atom. The molecule has 0 spiro atoms. The molecule has 2 aromatic rings. The van der Waals surface area contributed by atoms with Crippen molar-refractivity contribution in [3.8, 4) is 0 Å². The van der Waals surface area contributed by atoms with Gasteiger partial charge in [-0.3, -0.25) is 19.5 Å². The van der Waals surface area contributed by atoms with Gasteiger partial charge in [0.1, 0.15) is 11.6 Å². The molecule has 0 unspecified atom stereocenters. The third kappa shape index (κ3) is 4.33. The number of H-pyrrole nitrogens is 1. The number of pyridine rings is 1. The average Bonchev–Trinajstić information content (AvgIpc) is 2.64. The van der Waals surface area contributed by atoms with E-state index >= 15 is 0 Å². The summed E-state index contributed by atoms with van der Waals surface area (Å²) in [6.07, 6.45) is 2.67. The number of halogens is 3. The highest BCUT2D eigenvalue weighted by atomic mass is 19.3. The smallest absolute Gasteiger partial charge is 0.266 e. The summed E-state index contributed by atoms with van der Waals surface area (Å²) in [6, 6.07) is 1.77. The maximum Gasteiger partial charge on any atom is 0.266 e. The molecule has 2 N–H and O–H groups in total. The van der Waals surface area contributed by atoms with Gasteiger partial charge in [0.25, 0.3) is 11.5 Å². The number of aromatic amines is 1. The highest BCUT2D eigenvalue weighted by molar-refractivity contribution is 5.93. The van der Waals surface area contributed by atoms with Gasteiger partial charge >= 0.3 is 0 Å². The van der Waals surface area contributed by atoms with Gasteiger partial charge in [-0.05, 0) is 19.1 Å². The van der Waals surface area contributed by atoms with Crippen molar-refractivity contribution in [2.24, 2.45) is 0 Å². The van der Waals surface area contributed by atoms with Gasteiger partial charge < -0.3 is 10.3 Å². The molecule has 1 amide bonds. The Hall–Kier alpha value is -2.75. The maximum absolute atomic E-state index is 14.4. The van der Waals surface area contributed by atoms with E-state index in [1.54, 1.807) is 11.8 Å². The molecule has 3 rings (SSSR count). The van der Waals surface area contributed by atoms with Crippen molar-refractivity contribution < 1.29 is 18.0 Å². The Morgan fingerprint density at radius 1 is 1.37 bits per heavy atom. The van der Waals surface area contributed by atoms with Crippen LogP contribution in [0.1, 0.15) is 25.0 Å². The molecule has 2 aromatic heterocycles. The normalized spacial score (nSPS) is 20.8. The second-order valence-electron chi connectivity index (χ2n) is 6.42.